The van der Waals surface area contributed by atoms with Crippen molar-refractivity contribution in [3.05, 3.63) is 29.8 Å². The lowest BCUT2D eigenvalue weighted by Crippen LogP contribution is -2.48. The number of carboxylic acids is 1. The molecule has 3 rings (SSSR count). The van der Waals surface area contributed by atoms with Crippen LogP contribution in [-0.2, 0) is 11.2 Å². The summed E-state index contributed by atoms with van der Waals surface area (Å²) in [5.74, 6) is -1.23. The Hall–Kier alpha value is -2.04. The van der Waals surface area contributed by atoms with Crippen LogP contribution in [0.15, 0.2) is 24.3 Å². The van der Waals surface area contributed by atoms with Crippen molar-refractivity contribution in [2.24, 2.45) is 5.92 Å². The largest absolute Gasteiger partial charge is 0.481 e. The first-order valence-corrected chi connectivity index (χ1v) is 7.04. The molecule has 0 bridgehead atoms. The van der Waals surface area contributed by atoms with Gasteiger partial charge in [-0.2, -0.15) is 0 Å². The highest BCUT2D eigenvalue weighted by Crippen LogP contribution is 2.29. The molecule has 20 heavy (non-hydrogen) atoms. The smallest absolute Gasteiger partial charge is 0.324 e. The molecule has 1 fully saturated rings. The Morgan fingerprint density at radius 1 is 1.20 bits per heavy atom. The molecule has 5 heteroatoms. The number of hydrogen-bond acceptors (Lipinski definition) is 2. The summed E-state index contributed by atoms with van der Waals surface area (Å²) < 4.78 is 0. The number of para-hydroxylation sites is 1. The molecule has 2 aliphatic heterocycles. The minimum absolute atomic E-state index is 0.0547. The summed E-state index contributed by atoms with van der Waals surface area (Å²) in [6.07, 6.45) is 2.30. The summed E-state index contributed by atoms with van der Waals surface area (Å²) in [7, 11) is 0. The van der Waals surface area contributed by atoms with E-state index in [9.17, 15) is 9.59 Å². The number of aliphatic carboxylic acids is 1. The van der Waals surface area contributed by atoms with Gasteiger partial charge in [0.05, 0.1) is 5.92 Å². The van der Waals surface area contributed by atoms with Crippen molar-refractivity contribution in [1.29, 1.82) is 0 Å². The molecule has 106 valence electrons. The lowest BCUT2D eigenvalue weighted by Gasteiger charge is -2.33. The Labute approximate surface area is 117 Å². The molecule has 0 radical (unpaired) electrons. The number of carbonyl (C=O) groups excluding carboxylic acids is 1. The van der Waals surface area contributed by atoms with Gasteiger partial charge in [-0.25, -0.2) is 4.79 Å². The lowest BCUT2D eigenvalue weighted by molar-refractivity contribution is -0.143. The highest BCUT2D eigenvalue weighted by atomic mass is 16.4. The van der Waals surface area contributed by atoms with Crippen molar-refractivity contribution >= 4 is 17.7 Å². The number of likely N-dealkylation sites (tertiary alicyclic amines) is 1. The van der Waals surface area contributed by atoms with Crippen LogP contribution in [0.25, 0.3) is 0 Å². The van der Waals surface area contributed by atoms with Crippen LogP contribution >= 0.6 is 0 Å². The van der Waals surface area contributed by atoms with Crippen molar-refractivity contribution in [3.63, 3.8) is 0 Å². The van der Waals surface area contributed by atoms with E-state index < -0.39 is 11.9 Å². The Morgan fingerprint density at radius 3 is 2.80 bits per heavy atom. The van der Waals surface area contributed by atoms with E-state index in [4.69, 9.17) is 5.11 Å². The molecule has 0 aromatic heterocycles. The summed E-state index contributed by atoms with van der Waals surface area (Å²) in [4.78, 5) is 27.1. The number of piperidine rings is 1. The molecule has 0 unspecified atom stereocenters. The third-order valence-corrected chi connectivity index (χ3v) is 4.16. The molecule has 2 aliphatic rings. The van der Waals surface area contributed by atoms with E-state index in [0.717, 1.165) is 18.5 Å². The van der Waals surface area contributed by atoms with Gasteiger partial charge in [0.1, 0.15) is 0 Å². The first-order chi connectivity index (χ1) is 9.66. The third kappa shape index (κ3) is 2.24. The zero-order valence-corrected chi connectivity index (χ0v) is 11.3. The number of amides is 2. The predicted molar refractivity (Wildman–Crippen MR) is 74.8 cm³/mol. The zero-order valence-electron chi connectivity index (χ0n) is 11.3. The van der Waals surface area contributed by atoms with Gasteiger partial charge in [0.2, 0.25) is 0 Å². The van der Waals surface area contributed by atoms with Gasteiger partial charge in [-0.3, -0.25) is 9.69 Å². The van der Waals surface area contributed by atoms with Crippen LogP contribution in [0.3, 0.4) is 0 Å². The minimum Gasteiger partial charge on any atom is -0.481 e. The summed E-state index contributed by atoms with van der Waals surface area (Å²) in [5, 5.41) is 9.11. The summed E-state index contributed by atoms with van der Waals surface area (Å²) in [5.41, 5.74) is 2.16. The van der Waals surface area contributed by atoms with Gasteiger partial charge in [0.15, 0.2) is 0 Å². The molecule has 0 aliphatic carbocycles. The van der Waals surface area contributed by atoms with Crippen molar-refractivity contribution in [2.75, 3.05) is 24.5 Å². The van der Waals surface area contributed by atoms with Crippen molar-refractivity contribution in [3.8, 4) is 0 Å². The Morgan fingerprint density at radius 2 is 2.00 bits per heavy atom. The van der Waals surface area contributed by atoms with Crippen LogP contribution in [0.5, 0.6) is 0 Å². The average Bonchev–Trinajstić information content (AvgIpc) is 2.90. The number of nitrogens with zero attached hydrogens (tertiary/aromatic N) is 2. The maximum absolute atomic E-state index is 12.6. The fourth-order valence-corrected chi connectivity index (χ4v) is 3.06. The molecule has 1 saturated heterocycles. The second kappa shape index (κ2) is 5.15. The van der Waals surface area contributed by atoms with Crippen LogP contribution in [0.2, 0.25) is 0 Å². The van der Waals surface area contributed by atoms with Crippen LogP contribution in [-0.4, -0.2) is 41.6 Å². The normalized spacial score (nSPS) is 21.7. The van der Waals surface area contributed by atoms with Crippen molar-refractivity contribution in [2.45, 2.75) is 19.3 Å². The fourth-order valence-electron chi connectivity index (χ4n) is 3.06. The quantitative estimate of drug-likeness (QED) is 0.851. The molecule has 1 aromatic carbocycles. The highest BCUT2D eigenvalue weighted by Gasteiger charge is 2.33. The molecule has 1 N–H and O–H groups in total. The number of urea groups is 1. The molecular formula is C15H18N2O3. The standard InChI is InChI=1S/C15H18N2O3/c18-14(19)12-5-3-8-16(10-12)15(20)17-9-7-11-4-1-2-6-13(11)17/h1-2,4,6,12H,3,5,7-10H2,(H,18,19)/t12-/m0/s1. The monoisotopic (exact) mass is 274 g/mol. The van der Waals surface area contributed by atoms with Gasteiger partial charge < -0.3 is 10.0 Å². The second-order valence-corrected chi connectivity index (χ2v) is 5.44. The SMILES string of the molecule is O=C(O)[C@H]1CCCN(C(=O)N2CCc3ccccc32)C1. The van der Waals surface area contributed by atoms with Crippen molar-refractivity contribution < 1.29 is 14.7 Å². The van der Waals surface area contributed by atoms with Crippen LogP contribution in [0.4, 0.5) is 10.5 Å². The van der Waals surface area contributed by atoms with Crippen LogP contribution in [0, 0.1) is 5.92 Å². The Balaban J connectivity index is 1.75. The second-order valence-electron chi connectivity index (χ2n) is 5.44. The lowest BCUT2D eigenvalue weighted by atomic mass is 9.99. The number of rotatable bonds is 1. The first kappa shape index (κ1) is 13.0. The molecular weight excluding hydrogens is 256 g/mol. The number of carboxylic acid groups (broad SMARTS) is 1. The first-order valence-electron chi connectivity index (χ1n) is 7.04. The summed E-state index contributed by atoms with van der Waals surface area (Å²) >= 11 is 0. The van der Waals surface area contributed by atoms with Gasteiger partial charge in [-0.05, 0) is 30.9 Å². The molecule has 2 heterocycles. The van der Waals surface area contributed by atoms with Gasteiger partial charge in [-0.15, -0.1) is 0 Å². The molecule has 0 spiro atoms. The number of benzene rings is 1. The van der Waals surface area contributed by atoms with E-state index in [2.05, 4.69) is 0 Å². The van der Waals surface area contributed by atoms with E-state index in [1.54, 1.807) is 9.80 Å². The number of fused-ring (bicyclic) bond motifs is 1. The van der Waals surface area contributed by atoms with E-state index >= 15 is 0 Å². The summed E-state index contributed by atoms with van der Waals surface area (Å²) in [6.45, 7) is 1.67. The van der Waals surface area contributed by atoms with Gasteiger partial charge in [-0.1, -0.05) is 18.2 Å². The van der Waals surface area contributed by atoms with Gasteiger partial charge >= 0.3 is 12.0 Å². The van der Waals surface area contributed by atoms with Gasteiger partial charge in [0, 0.05) is 25.3 Å². The highest BCUT2D eigenvalue weighted by molar-refractivity contribution is 5.94. The van der Waals surface area contributed by atoms with Crippen molar-refractivity contribution in [1.82, 2.24) is 4.90 Å². The molecule has 1 aromatic rings. The predicted octanol–water partition coefficient (Wildman–Crippen LogP) is 1.97. The molecule has 1 atom stereocenters. The van der Waals surface area contributed by atoms with Gasteiger partial charge in [0.25, 0.3) is 0 Å². The Bertz CT molecular complexity index is 544. The fraction of sp³-hybridized carbons (Fsp3) is 0.467. The minimum atomic E-state index is -0.802. The average molecular weight is 274 g/mol. The van der Waals surface area contributed by atoms with E-state index in [1.165, 1.54) is 5.56 Å². The maximum Gasteiger partial charge on any atom is 0.324 e. The maximum atomic E-state index is 12.6. The zero-order chi connectivity index (χ0) is 14.1. The number of hydrogen-bond donors (Lipinski definition) is 1. The van der Waals surface area contributed by atoms with E-state index in [-0.39, 0.29) is 6.03 Å². The molecule has 2 amide bonds. The number of anilines is 1. The third-order valence-electron chi connectivity index (χ3n) is 4.16. The van der Waals surface area contributed by atoms with Crippen LogP contribution < -0.4 is 4.90 Å². The van der Waals surface area contributed by atoms with E-state index in [1.807, 2.05) is 24.3 Å². The van der Waals surface area contributed by atoms with Crippen LogP contribution in [0.1, 0.15) is 18.4 Å². The number of carbonyl (C=O) groups is 2. The molecule has 5 nitrogen and oxygen atoms in total. The Kier molecular flexibility index (Phi) is 3.34. The summed E-state index contributed by atoms with van der Waals surface area (Å²) in [6, 6.07) is 7.85. The topological polar surface area (TPSA) is 60.9 Å². The molecule has 0 saturated carbocycles. The van der Waals surface area contributed by atoms with E-state index in [0.29, 0.717) is 26.1 Å².